The van der Waals surface area contributed by atoms with Crippen molar-refractivity contribution in [2.75, 3.05) is 6.61 Å². The topological polar surface area (TPSA) is 44.0 Å². The first kappa shape index (κ1) is 12.5. The largest absolute Gasteiger partial charge is 1.00 e. The summed E-state index contributed by atoms with van der Waals surface area (Å²) in [6.07, 6.45) is 1.11. The van der Waals surface area contributed by atoms with E-state index in [2.05, 4.69) is 6.58 Å². The monoisotopic (exact) mass is 151 g/mol. The fourth-order valence-electron chi connectivity index (χ4n) is 0.304. The minimum Gasteiger partial charge on any atom is -0.705 e. The van der Waals surface area contributed by atoms with Crippen molar-refractivity contribution in [1.29, 1.82) is 0 Å². The van der Waals surface area contributed by atoms with E-state index in [1.54, 1.807) is 6.92 Å². The average Bonchev–Trinajstić information content (AvgIpc) is 1.69. The first-order chi connectivity index (χ1) is 3.72. The SMILES string of the molecule is C=C(C)/C(=C\[NH-])CO.[K+]. The molecular weight excluding hydrogens is 141 g/mol. The van der Waals surface area contributed by atoms with Crippen molar-refractivity contribution in [2.45, 2.75) is 6.92 Å². The van der Waals surface area contributed by atoms with Crippen LogP contribution in [0.4, 0.5) is 0 Å². The van der Waals surface area contributed by atoms with E-state index in [1.807, 2.05) is 0 Å². The standard InChI is InChI=1S/C6H10NO.K/c1-5(2)6(3-7)4-8;/h3,7-8H,1,4H2,2H3;/q-1;+1/b6-3-;. The molecule has 0 saturated carbocycles. The van der Waals surface area contributed by atoms with Gasteiger partial charge >= 0.3 is 51.4 Å². The molecule has 0 amide bonds. The Labute approximate surface area is 98.2 Å². The van der Waals surface area contributed by atoms with Crippen molar-refractivity contribution >= 4 is 0 Å². The second kappa shape index (κ2) is 6.99. The van der Waals surface area contributed by atoms with Gasteiger partial charge in [-0.2, -0.15) is 6.20 Å². The first-order valence-electron chi connectivity index (χ1n) is 2.35. The van der Waals surface area contributed by atoms with Crippen LogP contribution < -0.4 is 51.4 Å². The van der Waals surface area contributed by atoms with Crippen LogP contribution in [0.5, 0.6) is 0 Å². The van der Waals surface area contributed by atoms with E-state index in [0.717, 1.165) is 11.8 Å². The van der Waals surface area contributed by atoms with E-state index in [-0.39, 0.29) is 58.0 Å². The summed E-state index contributed by atoms with van der Waals surface area (Å²) in [6, 6.07) is 0. The Morgan fingerprint density at radius 2 is 2.22 bits per heavy atom. The van der Waals surface area contributed by atoms with Crippen LogP contribution in [0.1, 0.15) is 6.92 Å². The van der Waals surface area contributed by atoms with Gasteiger partial charge in [0.1, 0.15) is 0 Å². The summed E-state index contributed by atoms with van der Waals surface area (Å²) in [5.41, 5.74) is 8.05. The molecule has 0 aliphatic carbocycles. The molecule has 0 spiro atoms. The van der Waals surface area contributed by atoms with E-state index in [4.69, 9.17) is 10.8 Å². The number of aliphatic hydroxyl groups is 1. The zero-order valence-electron chi connectivity index (χ0n) is 5.94. The van der Waals surface area contributed by atoms with Crippen LogP contribution >= 0.6 is 0 Å². The van der Waals surface area contributed by atoms with Gasteiger partial charge in [-0.1, -0.05) is 12.2 Å². The van der Waals surface area contributed by atoms with E-state index in [0.29, 0.717) is 5.57 Å². The van der Waals surface area contributed by atoms with Gasteiger partial charge in [-0.25, -0.2) is 0 Å². The first-order valence-corrected chi connectivity index (χ1v) is 2.35. The van der Waals surface area contributed by atoms with Crippen molar-refractivity contribution in [1.82, 2.24) is 0 Å². The van der Waals surface area contributed by atoms with E-state index >= 15 is 0 Å². The van der Waals surface area contributed by atoms with Crippen molar-refractivity contribution in [3.8, 4) is 0 Å². The summed E-state index contributed by atoms with van der Waals surface area (Å²) in [5.74, 6) is 0. The van der Waals surface area contributed by atoms with Crippen LogP contribution in [0.3, 0.4) is 0 Å². The Morgan fingerprint density at radius 1 is 1.78 bits per heavy atom. The van der Waals surface area contributed by atoms with E-state index in [9.17, 15) is 0 Å². The molecule has 0 aromatic heterocycles. The molecule has 0 saturated heterocycles. The quantitative estimate of drug-likeness (QED) is 0.379. The van der Waals surface area contributed by atoms with Gasteiger partial charge in [0, 0.05) is 0 Å². The van der Waals surface area contributed by atoms with Crippen LogP contribution in [-0.2, 0) is 0 Å². The molecule has 2 N–H and O–H groups in total. The maximum Gasteiger partial charge on any atom is 1.00 e. The smallest absolute Gasteiger partial charge is 0.705 e. The van der Waals surface area contributed by atoms with Gasteiger partial charge in [0.15, 0.2) is 0 Å². The molecule has 0 aromatic rings. The molecule has 0 unspecified atom stereocenters. The molecule has 0 fully saturated rings. The maximum atomic E-state index is 8.45. The van der Waals surface area contributed by atoms with Crippen LogP contribution in [0.25, 0.3) is 5.73 Å². The summed E-state index contributed by atoms with van der Waals surface area (Å²) in [7, 11) is 0. The fourth-order valence-corrected chi connectivity index (χ4v) is 0.304. The van der Waals surface area contributed by atoms with Crippen molar-refractivity contribution in [3.63, 3.8) is 0 Å². The minimum atomic E-state index is -0.0845. The van der Waals surface area contributed by atoms with Gasteiger partial charge in [-0.3, -0.25) is 0 Å². The van der Waals surface area contributed by atoms with Crippen molar-refractivity contribution in [2.24, 2.45) is 0 Å². The third-order valence-corrected chi connectivity index (χ3v) is 0.893. The van der Waals surface area contributed by atoms with Gasteiger partial charge in [0.05, 0.1) is 6.61 Å². The molecule has 0 atom stereocenters. The third kappa shape index (κ3) is 5.33. The van der Waals surface area contributed by atoms with Gasteiger partial charge < -0.3 is 10.8 Å². The Hall–Kier alpha value is 0.876. The number of aliphatic hydroxyl groups excluding tert-OH is 1. The molecule has 0 radical (unpaired) electrons. The Kier molecular flexibility index (Phi) is 9.74. The van der Waals surface area contributed by atoms with E-state index < -0.39 is 0 Å². The molecule has 0 heterocycles. The van der Waals surface area contributed by atoms with Crippen LogP contribution in [0.15, 0.2) is 23.9 Å². The van der Waals surface area contributed by atoms with Crippen molar-refractivity contribution < 1.29 is 56.5 Å². The molecule has 0 aromatic carbocycles. The molecular formula is C6H10KNO. The Morgan fingerprint density at radius 3 is 2.22 bits per heavy atom. The molecule has 0 aliphatic rings. The normalized spacial score (nSPS) is 10.2. The molecule has 0 aliphatic heterocycles. The number of rotatable bonds is 2. The number of hydrogen-bond donors (Lipinski definition) is 1. The third-order valence-electron chi connectivity index (χ3n) is 0.893. The molecule has 3 heteroatoms. The Balaban J connectivity index is 0. The molecule has 2 nitrogen and oxygen atoms in total. The van der Waals surface area contributed by atoms with E-state index in [1.165, 1.54) is 0 Å². The zero-order chi connectivity index (χ0) is 6.57. The summed E-state index contributed by atoms with van der Waals surface area (Å²) >= 11 is 0. The van der Waals surface area contributed by atoms with Crippen LogP contribution in [-0.4, -0.2) is 11.7 Å². The Bertz CT molecular complexity index is 120. The van der Waals surface area contributed by atoms with Gasteiger partial charge in [-0.05, 0) is 12.5 Å². The molecule has 9 heavy (non-hydrogen) atoms. The number of nitrogens with one attached hydrogen (secondary N) is 1. The fraction of sp³-hybridized carbons (Fsp3) is 0.333. The average molecular weight is 151 g/mol. The minimum absolute atomic E-state index is 0. The molecule has 0 bridgehead atoms. The number of hydrogen-bond acceptors (Lipinski definition) is 1. The zero-order valence-corrected chi connectivity index (χ0v) is 9.06. The van der Waals surface area contributed by atoms with Gasteiger partial charge in [-0.15, -0.1) is 0 Å². The van der Waals surface area contributed by atoms with Crippen LogP contribution in [0, 0.1) is 0 Å². The second-order valence-corrected chi connectivity index (χ2v) is 1.61. The maximum absolute atomic E-state index is 8.45. The second-order valence-electron chi connectivity index (χ2n) is 1.61. The predicted octanol–water partition coefficient (Wildman–Crippen LogP) is -1.51. The predicted molar refractivity (Wildman–Crippen MR) is 34.3 cm³/mol. The van der Waals surface area contributed by atoms with Crippen molar-refractivity contribution in [3.05, 3.63) is 29.7 Å². The van der Waals surface area contributed by atoms with Gasteiger partial charge in [0.2, 0.25) is 0 Å². The van der Waals surface area contributed by atoms with Crippen LogP contribution in [0.2, 0.25) is 0 Å². The summed E-state index contributed by atoms with van der Waals surface area (Å²) < 4.78 is 0. The summed E-state index contributed by atoms with van der Waals surface area (Å²) in [6.45, 7) is 5.22. The van der Waals surface area contributed by atoms with Gasteiger partial charge in [0.25, 0.3) is 0 Å². The summed E-state index contributed by atoms with van der Waals surface area (Å²) in [5, 5.41) is 8.45. The molecule has 0 rings (SSSR count). The molecule has 46 valence electrons. The summed E-state index contributed by atoms with van der Waals surface area (Å²) in [4.78, 5) is 0.